The minimum atomic E-state index is -5.19. The van der Waals surface area contributed by atoms with Crippen LogP contribution >= 0.6 is 0 Å². The second-order valence-corrected chi connectivity index (χ2v) is 14.8. The van der Waals surface area contributed by atoms with E-state index in [1.165, 1.54) is 0 Å². The molecule has 7 nitrogen and oxygen atoms in total. The van der Waals surface area contributed by atoms with Crippen molar-refractivity contribution < 1.29 is 45.4 Å². The van der Waals surface area contributed by atoms with E-state index < -0.39 is 70.8 Å². The molecule has 1 aliphatic heterocycles. The zero-order valence-electron chi connectivity index (χ0n) is 29.3. The molecule has 1 aliphatic carbocycles. The van der Waals surface area contributed by atoms with Gasteiger partial charge in [0.2, 0.25) is 5.91 Å². The molecule has 52 heavy (non-hydrogen) atoms. The molecule has 5 rings (SSSR count). The number of carbonyl (C=O) groups is 2. The number of rotatable bonds is 12. The van der Waals surface area contributed by atoms with E-state index in [-0.39, 0.29) is 35.3 Å². The normalized spacial score (nSPS) is 17.1. The average Bonchev–Trinajstić information content (AvgIpc) is 2.97. The maximum absolute atomic E-state index is 15.9. The van der Waals surface area contributed by atoms with Gasteiger partial charge < -0.3 is 19.9 Å². The van der Waals surface area contributed by atoms with E-state index in [9.17, 15) is 45.8 Å². The number of hydrogen-bond donors (Lipinski definition) is 2. The highest BCUT2D eigenvalue weighted by Gasteiger charge is 2.47. The summed E-state index contributed by atoms with van der Waals surface area (Å²) in [5.41, 5.74) is -3.24. The number of carboxylic acid groups (broad SMARTS) is 1. The first-order valence-electron chi connectivity index (χ1n) is 17.2. The van der Waals surface area contributed by atoms with Gasteiger partial charge in [0.25, 0.3) is 5.56 Å². The van der Waals surface area contributed by atoms with Crippen LogP contribution in [0.15, 0.2) is 47.4 Å². The number of halogens is 7. The van der Waals surface area contributed by atoms with E-state index >= 15 is 4.39 Å². The number of carboxylic acids is 1. The van der Waals surface area contributed by atoms with Crippen LogP contribution in [0.2, 0.25) is 0 Å². The highest BCUT2D eigenvalue weighted by atomic mass is 19.4. The summed E-state index contributed by atoms with van der Waals surface area (Å²) in [4.78, 5) is 41.4. The fourth-order valence-corrected chi connectivity index (χ4v) is 7.63. The Morgan fingerprint density at radius 2 is 1.58 bits per heavy atom. The fraction of sp³-hybridized carbons (Fsp3) is 0.500. The summed E-state index contributed by atoms with van der Waals surface area (Å²) in [6.07, 6.45) is -7.00. The molecule has 14 heteroatoms. The van der Waals surface area contributed by atoms with Gasteiger partial charge in [0.15, 0.2) is 0 Å². The Morgan fingerprint density at radius 1 is 0.962 bits per heavy atom. The summed E-state index contributed by atoms with van der Waals surface area (Å²) in [5, 5.41) is 12.1. The van der Waals surface area contributed by atoms with Crippen LogP contribution in [0.1, 0.15) is 91.4 Å². The molecule has 2 heterocycles. The molecule has 2 N–H and O–H groups in total. The quantitative estimate of drug-likeness (QED) is 0.183. The molecular formula is C38H42F7N3O4. The molecule has 1 aromatic heterocycles. The van der Waals surface area contributed by atoms with Crippen molar-refractivity contribution in [2.75, 3.05) is 19.6 Å². The SMILES string of the molecule is Cc1cccc(C)c1-c1cc([C@H](CC(=O)O)NC(=O)C(CC(C)C)n2cc(CCN3CC4(CCC4)C3)c(C(F)(F)F)cc2=O)c(F)c(C(F)(F)F)c1. The van der Waals surface area contributed by atoms with Gasteiger partial charge >= 0.3 is 18.3 Å². The zero-order valence-corrected chi connectivity index (χ0v) is 29.3. The topological polar surface area (TPSA) is 91.6 Å². The van der Waals surface area contributed by atoms with Crippen molar-refractivity contribution in [2.45, 2.75) is 90.7 Å². The standard InChI is InChI=1S/C38H42F7N3O4/c1-21(2)13-30(48-18-24(27(16-31(48)49)37(40,41)42)9-12-47-19-36(20-47)10-6-11-36)35(52)46-29(17-32(50)51)26-14-25(15-28(34(26)39)38(43,44)45)33-22(3)7-5-8-23(33)4/h5,7-8,14-16,18,21,29-30H,6,9-13,17,19-20H2,1-4H3,(H,46,52)(H,50,51)/t29-,30?/m0/s1. The molecule has 0 radical (unpaired) electrons. The average molecular weight is 738 g/mol. The number of pyridine rings is 1. The van der Waals surface area contributed by atoms with Crippen LogP contribution in [0.5, 0.6) is 0 Å². The van der Waals surface area contributed by atoms with Gasteiger partial charge in [0.1, 0.15) is 11.9 Å². The monoisotopic (exact) mass is 737 g/mol. The van der Waals surface area contributed by atoms with Crippen LogP contribution in [-0.2, 0) is 28.4 Å². The highest BCUT2D eigenvalue weighted by molar-refractivity contribution is 5.82. The highest BCUT2D eigenvalue weighted by Crippen LogP contribution is 2.48. The van der Waals surface area contributed by atoms with Gasteiger partial charge in [-0.15, -0.1) is 0 Å². The van der Waals surface area contributed by atoms with Crippen molar-refractivity contribution in [3.05, 3.63) is 92.1 Å². The molecule has 1 saturated carbocycles. The number of alkyl halides is 6. The first-order valence-corrected chi connectivity index (χ1v) is 17.2. The van der Waals surface area contributed by atoms with E-state index in [4.69, 9.17) is 0 Å². The van der Waals surface area contributed by atoms with Crippen molar-refractivity contribution in [2.24, 2.45) is 11.3 Å². The van der Waals surface area contributed by atoms with Gasteiger partial charge in [0.05, 0.1) is 23.6 Å². The van der Waals surface area contributed by atoms with Crippen LogP contribution in [0, 0.1) is 31.0 Å². The van der Waals surface area contributed by atoms with Crippen LogP contribution in [0.3, 0.4) is 0 Å². The number of nitrogens with zero attached hydrogens (tertiary/aromatic N) is 2. The summed E-state index contributed by atoms with van der Waals surface area (Å²) < 4.78 is 102. The molecule has 2 aliphatic rings. The lowest BCUT2D eigenvalue weighted by Crippen LogP contribution is -2.59. The number of aliphatic carboxylic acids is 1. The lowest BCUT2D eigenvalue weighted by molar-refractivity contribution is -0.140. The molecule has 1 saturated heterocycles. The fourth-order valence-electron chi connectivity index (χ4n) is 7.63. The van der Waals surface area contributed by atoms with Crippen molar-refractivity contribution in [3.8, 4) is 11.1 Å². The molecule has 1 amide bonds. The largest absolute Gasteiger partial charge is 0.481 e. The first-order chi connectivity index (χ1) is 24.2. The summed E-state index contributed by atoms with van der Waals surface area (Å²) in [6.45, 7) is 8.51. The summed E-state index contributed by atoms with van der Waals surface area (Å²) in [6, 6.07) is 3.76. The number of benzene rings is 2. The van der Waals surface area contributed by atoms with Gasteiger partial charge in [-0.1, -0.05) is 38.5 Å². The van der Waals surface area contributed by atoms with Crippen LogP contribution in [0.4, 0.5) is 30.7 Å². The molecule has 282 valence electrons. The third kappa shape index (κ3) is 8.37. The zero-order chi connectivity index (χ0) is 38.3. The Kier molecular flexibility index (Phi) is 11.0. The van der Waals surface area contributed by atoms with Gasteiger partial charge in [-0.3, -0.25) is 14.4 Å². The van der Waals surface area contributed by atoms with Crippen molar-refractivity contribution >= 4 is 11.9 Å². The molecule has 2 fully saturated rings. The minimum Gasteiger partial charge on any atom is -0.481 e. The van der Waals surface area contributed by atoms with E-state index in [0.29, 0.717) is 35.4 Å². The Labute approximate surface area is 296 Å². The maximum atomic E-state index is 15.9. The molecule has 2 atom stereocenters. The van der Waals surface area contributed by atoms with Crippen LogP contribution < -0.4 is 10.9 Å². The second-order valence-electron chi connectivity index (χ2n) is 14.8. The minimum absolute atomic E-state index is 0.0586. The summed E-state index contributed by atoms with van der Waals surface area (Å²) in [5.74, 6) is -4.74. The first kappa shape index (κ1) is 39.0. The number of hydrogen-bond acceptors (Lipinski definition) is 4. The van der Waals surface area contributed by atoms with E-state index in [1.807, 2.05) is 4.90 Å². The van der Waals surface area contributed by atoms with Crippen LogP contribution in [-0.4, -0.2) is 46.1 Å². The maximum Gasteiger partial charge on any atom is 0.419 e. The lowest BCUT2D eigenvalue weighted by atomic mass is 9.63. The van der Waals surface area contributed by atoms with Crippen molar-refractivity contribution in [1.29, 1.82) is 0 Å². The Hall–Kier alpha value is -4.20. The molecule has 1 spiro atoms. The summed E-state index contributed by atoms with van der Waals surface area (Å²) >= 11 is 0. The number of carbonyl (C=O) groups excluding carboxylic acids is 1. The number of aromatic nitrogens is 1. The molecule has 0 bridgehead atoms. The number of likely N-dealkylation sites (tertiary alicyclic amines) is 1. The van der Waals surface area contributed by atoms with Crippen molar-refractivity contribution in [3.63, 3.8) is 0 Å². The second kappa shape index (κ2) is 14.7. The predicted octanol–water partition coefficient (Wildman–Crippen LogP) is 8.26. The Balaban J connectivity index is 1.55. The summed E-state index contributed by atoms with van der Waals surface area (Å²) in [7, 11) is 0. The smallest absolute Gasteiger partial charge is 0.419 e. The lowest BCUT2D eigenvalue weighted by Gasteiger charge is -2.56. The molecular weight excluding hydrogens is 695 g/mol. The van der Waals surface area contributed by atoms with Gasteiger partial charge in [-0.25, -0.2) is 4.39 Å². The van der Waals surface area contributed by atoms with E-state index in [0.717, 1.165) is 49.2 Å². The molecule has 1 unspecified atom stereocenters. The third-order valence-electron chi connectivity index (χ3n) is 10.3. The van der Waals surface area contributed by atoms with Crippen molar-refractivity contribution in [1.82, 2.24) is 14.8 Å². The number of nitrogens with one attached hydrogen (secondary N) is 1. The van der Waals surface area contributed by atoms with Gasteiger partial charge in [-0.05, 0) is 90.8 Å². The Morgan fingerprint density at radius 3 is 2.10 bits per heavy atom. The number of aryl methyl sites for hydroxylation is 2. The van der Waals surface area contributed by atoms with E-state index in [1.54, 1.807) is 45.9 Å². The van der Waals surface area contributed by atoms with Gasteiger partial charge in [0, 0.05) is 37.5 Å². The Bertz CT molecular complexity index is 1870. The predicted molar refractivity (Wildman–Crippen MR) is 180 cm³/mol. The number of amides is 1. The molecule has 3 aromatic rings. The molecule has 2 aromatic carbocycles. The van der Waals surface area contributed by atoms with Gasteiger partial charge in [-0.2, -0.15) is 26.3 Å². The third-order valence-corrected chi connectivity index (χ3v) is 10.3. The van der Waals surface area contributed by atoms with E-state index in [2.05, 4.69) is 5.32 Å². The van der Waals surface area contributed by atoms with Crippen LogP contribution in [0.25, 0.3) is 11.1 Å².